The van der Waals surface area contributed by atoms with Gasteiger partial charge in [-0.1, -0.05) is 78.1 Å². The van der Waals surface area contributed by atoms with Crippen LogP contribution in [0.5, 0.6) is 0 Å². The van der Waals surface area contributed by atoms with Crippen LogP contribution in [0.25, 0.3) is 0 Å². The summed E-state index contributed by atoms with van der Waals surface area (Å²) >= 11 is 0. The zero-order valence-electron chi connectivity index (χ0n) is 17.6. The first kappa shape index (κ1) is 23.4. The van der Waals surface area contributed by atoms with E-state index in [0.717, 1.165) is 12.8 Å². The number of hydrogen-bond donors (Lipinski definition) is 0. The topological polar surface area (TPSA) is 71.1 Å². The molecule has 0 bridgehead atoms. The lowest BCUT2D eigenvalue weighted by Gasteiger charge is -2.17. The summed E-state index contributed by atoms with van der Waals surface area (Å²) in [6, 6.07) is 0. The Balaban J connectivity index is 1.59. The molecule has 2 atom stereocenters. The monoisotopic (exact) mass is 416 g/mol. The molecule has 2 unspecified atom stereocenters. The van der Waals surface area contributed by atoms with Crippen molar-refractivity contribution in [2.45, 2.75) is 90.9 Å². The van der Waals surface area contributed by atoms with Gasteiger partial charge in [-0.15, -0.1) is 0 Å². The van der Waals surface area contributed by atoms with Crippen molar-refractivity contribution in [3.8, 4) is 0 Å². The van der Waals surface area contributed by atoms with E-state index in [0.29, 0.717) is 24.4 Å². The molecule has 7 heteroatoms. The molecule has 2 aliphatic heterocycles. The molecular weight excluding hydrogens is 379 g/mol. The van der Waals surface area contributed by atoms with Gasteiger partial charge in [-0.2, -0.15) is 0 Å². The molecule has 0 amide bonds. The number of phosphoric acid groups is 1. The highest BCUT2D eigenvalue weighted by atomic mass is 31.2. The molecule has 0 aliphatic carbocycles. The van der Waals surface area contributed by atoms with Gasteiger partial charge in [0, 0.05) is 6.42 Å². The van der Waals surface area contributed by atoms with E-state index < -0.39 is 13.8 Å². The Kier molecular flexibility index (Phi) is 10.6. The fourth-order valence-electron chi connectivity index (χ4n) is 3.63. The van der Waals surface area contributed by atoms with Crippen molar-refractivity contribution in [3.05, 3.63) is 11.3 Å². The number of phosphoric ester groups is 1. The van der Waals surface area contributed by atoms with Crippen LogP contribution in [0.15, 0.2) is 11.3 Å². The van der Waals surface area contributed by atoms with Gasteiger partial charge >= 0.3 is 13.8 Å². The Labute approximate surface area is 170 Å². The van der Waals surface area contributed by atoms with Crippen molar-refractivity contribution in [1.29, 1.82) is 0 Å². The second-order valence-electron chi connectivity index (χ2n) is 7.69. The van der Waals surface area contributed by atoms with Crippen LogP contribution in [0.3, 0.4) is 0 Å². The second-order valence-corrected chi connectivity index (χ2v) is 9.28. The maximum absolute atomic E-state index is 12.8. The summed E-state index contributed by atoms with van der Waals surface area (Å²) in [6.45, 7) is 4.81. The molecule has 28 heavy (non-hydrogen) atoms. The van der Waals surface area contributed by atoms with Crippen molar-refractivity contribution in [2.24, 2.45) is 5.92 Å². The van der Waals surface area contributed by atoms with Crippen LogP contribution in [0.4, 0.5) is 0 Å². The quantitative estimate of drug-likeness (QED) is 0.188. The smallest absolute Gasteiger partial charge is 0.461 e. The van der Waals surface area contributed by atoms with Gasteiger partial charge in [-0.3, -0.25) is 9.05 Å². The predicted octanol–water partition coefficient (Wildman–Crippen LogP) is 6.31. The molecule has 2 aliphatic rings. The summed E-state index contributed by atoms with van der Waals surface area (Å²) in [7, 11) is -3.66. The van der Waals surface area contributed by atoms with E-state index >= 15 is 0 Å². The molecule has 0 N–H and O–H groups in total. The number of rotatable bonds is 14. The Hall–Kier alpha value is -0.840. The minimum Gasteiger partial charge on any atom is -0.461 e. The average molecular weight is 416 g/mol. The number of ether oxygens (including phenoxy) is 1. The summed E-state index contributed by atoms with van der Waals surface area (Å²) in [5.74, 6) is -0.236. The lowest BCUT2D eigenvalue weighted by Crippen LogP contribution is -2.10. The number of unbranched alkanes of at least 4 members (excludes halogenated alkanes) is 10. The zero-order chi connectivity index (χ0) is 20.2. The SMILES string of the molecule is CCCCCCCCCCCCCOP1(=O)OCC2COC(=O)C2=C(CC)O1. The second kappa shape index (κ2) is 12.7. The van der Waals surface area contributed by atoms with Gasteiger partial charge in [0.1, 0.15) is 12.4 Å². The first-order chi connectivity index (χ1) is 13.6. The van der Waals surface area contributed by atoms with Gasteiger partial charge in [0.2, 0.25) is 0 Å². The van der Waals surface area contributed by atoms with Crippen molar-refractivity contribution in [3.63, 3.8) is 0 Å². The van der Waals surface area contributed by atoms with E-state index in [4.69, 9.17) is 18.3 Å². The van der Waals surface area contributed by atoms with Gasteiger partial charge in [-0.25, -0.2) is 9.36 Å². The third kappa shape index (κ3) is 7.53. The highest BCUT2D eigenvalue weighted by Crippen LogP contribution is 2.55. The maximum atomic E-state index is 12.8. The van der Waals surface area contributed by atoms with Gasteiger partial charge < -0.3 is 9.26 Å². The van der Waals surface area contributed by atoms with Crippen LogP contribution in [0, 0.1) is 5.92 Å². The van der Waals surface area contributed by atoms with E-state index in [1.165, 1.54) is 57.8 Å². The molecule has 6 nitrogen and oxygen atoms in total. The fourth-order valence-corrected chi connectivity index (χ4v) is 5.02. The number of allylic oxidation sites excluding steroid dienone is 1. The van der Waals surface area contributed by atoms with Crippen LogP contribution >= 0.6 is 7.82 Å². The van der Waals surface area contributed by atoms with Gasteiger partial charge in [0.05, 0.1) is 24.7 Å². The maximum Gasteiger partial charge on any atom is 0.529 e. The number of esters is 1. The van der Waals surface area contributed by atoms with Crippen LogP contribution in [0.2, 0.25) is 0 Å². The molecular formula is C21H37O6P. The zero-order valence-corrected chi connectivity index (χ0v) is 18.5. The number of fused-ring (bicyclic) bond motifs is 1. The van der Waals surface area contributed by atoms with Crippen LogP contribution in [-0.4, -0.2) is 25.8 Å². The lowest BCUT2D eigenvalue weighted by molar-refractivity contribution is -0.135. The Morgan fingerprint density at radius 1 is 0.929 bits per heavy atom. The average Bonchev–Trinajstić information content (AvgIpc) is 2.98. The minimum absolute atomic E-state index is 0.125. The van der Waals surface area contributed by atoms with Gasteiger partial charge in [0.15, 0.2) is 0 Å². The molecule has 0 radical (unpaired) electrons. The first-order valence-electron chi connectivity index (χ1n) is 11.1. The van der Waals surface area contributed by atoms with E-state index in [9.17, 15) is 9.36 Å². The Bertz CT molecular complexity index is 559. The molecule has 0 aromatic rings. The van der Waals surface area contributed by atoms with Gasteiger partial charge in [-0.05, 0) is 6.42 Å². The van der Waals surface area contributed by atoms with Gasteiger partial charge in [0.25, 0.3) is 0 Å². The summed E-state index contributed by atoms with van der Waals surface area (Å²) in [5.41, 5.74) is 0.457. The highest BCUT2D eigenvalue weighted by Gasteiger charge is 2.42. The first-order valence-corrected chi connectivity index (χ1v) is 12.5. The van der Waals surface area contributed by atoms with Crippen LogP contribution < -0.4 is 0 Å². The van der Waals surface area contributed by atoms with Crippen molar-refractivity contribution >= 4 is 13.8 Å². The molecule has 2 heterocycles. The minimum atomic E-state index is -3.66. The van der Waals surface area contributed by atoms with E-state index in [-0.39, 0.29) is 19.1 Å². The van der Waals surface area contributed by atoms with E-state index in [1.54, 1.807) is 0 Å². The normalized spacial score (nSPS) is 24.6. The van der Waals surface area contributed by atoms with Crippen molar-refractivity contribution in [1.82, 2.24) is 0 Å². The highest BCUT2D eigenvalue weighted by molar-refractivity contribution is 7.48. The number of hydrogen-bond acceptors (Lipinski definition) is 6. The van der Waals surface area contributed by atoms with E-state index in [2.05, 4.69) is 6.92 Å². The summed E-state index contributed by atoms with van der Waals surface area (Å²) in [5, 5.41) is 0. The molecule has 162 valence electrons. The van der Waals surface area contributed by atoms with Crippen molar-refractivity contribution < 1.29 is 27.7 Å². The summed E-state index contributed by atoms with van der Waals surface area (Å²) in [6.07, 6.45) is 14.1. The molecule has 1 fully saturated rings. The molecule has 0 spiro atoms. The summed E-state index contributed by atoms with van der Waals surface area (Å²) in [4.78, 5) is 11.9. The summed E-state index contributed by atoms with van der Waals surface area (Å²) < 4.78 is 34.3. The number of cyclic esters (lactones) is 1. The van der Waals surface area contributed by atoms with E-state index in [1.807, 2.05) is 6.92 Å². The predicted molar refractivity (Wildman–Crippen MR) is 109 cm³/mol. The number of carbonyl (C=O) groups is 1. The Morgan fingerprint density at radius 3 is 2.14 bits per heavy atom. The third-order valence-corrected chi connectivity index (χ3v) is 6.73. The molecule has 2 rings (SSSR count). The number of carbonyl (C=O) groups excluding carboxylic acids is 1. The molecule has 0 aromatic heterocycles. The fraction of sp³-hybridized carbons (Fsp3) is 0.857. The van der Waals surface area contributed by atoms with Crippen LogP contribution in [0.1, 0.15) is 90.9 Å². The molecule has 0 aromatic carbocycles. The Morgan fingerprint density at radius 2 is 1.54 bits per heavy atom. The standard InChI is InChI=1S/C21H37O6P/c1-3-5-6-7-8-9-10-11-12-13-14-15-25-28(23)26-17-18-16-24-21(22)20(18)19(4-2)27-28/h18H,3-17H2,1-2H3. The molecule has 0 saturated carbocycles. The van der Waals surface area contributed by atoms with Crippen molar-refractivity contribution in [2.75, 3.05) is 19.8 Å². The lowest BCUT2D eigenvalue weighted by atomic mass is 10.0. The van der Waals surface area contributed by atoms with Crippen LogP contribution in [-0.2, 0) is 27.7 Å². The molecule has 1 saturated heterocycles. The largest absolute Gasteiger partial charge is 0.529 e. The third-order valence-electron chi connectivity index (χ3n) is 5.32.